The predicted molar refractivity (Wildman–Crippen MR) is 107 cm³/mol. The highest BCUT2D eigenvalue weighted by atomic mass is 16.2. The van der Waals surface area contributed by atoms with Gasteiger partial charge in [0, 0.05) is 76.4 Å². The molecule has 0 bridgehead atoms. The number of hydrogen-bond acceptors (Lipinski definition) is 4. The molecule has 2 aromatic rings. The maximum atomic E-state index is 12.6. The largest absolute Gasteiger partial charge is 0.370 e. The first-order valence-corrected chi connectivity index (χ1v) is 10.1. The van der Waals surface area contributed by atoms with Gasteiger partial charge in [-0.1, -0.05) is 18.2 Å². The second kappa shape index (κ2) is 8.57. The minimum absolute atomic E-state index is 0.254. The molecule has 1 aromatic heterocycles. The van der Waals surface area contributed by atoms with E-state index in [4.69, 9.17) is 0 Å². The number of benzene rings is 1. The third-order valence-corrected chi connectivity index (χ3v) is 5.80. The van der Waals surface area contributed by atoms with E-state index in [1.165, 1.54) is 12.1 Å². The summed E-state index contributed by atoms with van der Waals surface area (Å²) in [5.41, 5.74) is 1.32. The van der Waals surface area contributed by atoms with E-state index in [0.29, 0.717) is 19.0 Å². The van der Waals surface area contributed by atoms with Crippen LogP contribution in [0.1, 0.15) is 19.3 Å². The van der Waals surface area contributed by atoms with Crippen molar-refractivity contribution in [3.05, 3.63) is 48.8 Å². The van der Waals surface area contributed by atoms with E-state index in [-0.39, 0.29) is 5.91 Å². The summed E-state index contributed by atoms with van der Waals surface area (Å²) in [7, 11) is 0. The standard InChI is InChI=1S/C21H29N5O/c27-21(9-15-26-13-4-10-22-26)24-12-5-11-23(16-17-24)20-8-14-25(18-20)19-6-2-1-3-7-19/h1-4,6-7,10,13,20H,5,8-9,11-12,14-18H2. The van der Waals surface area contributed by atoms with E-state index in [9.17, 15) is 4.79 Å². The van der Waals surface area contributed by atoms with Crippen molar-refractivity contribution >= 4 is 11.6 Å². The fourth-order valence-corrected chi connectivity index (χ4v) is 4.27. The van der Waals surface area contributed by atoms with Crippen LogP contribution in [0.4, 0.5) is 5.69 Å². The Bertz CT molecular complexity index is 717. The molecule has 144 valence electrons. The van der Waals surface area contributed by atoms with Crippen LogP contribution in [0, 0.1) is 0 Å². The Hall–Kier alpha value is -2.34. The average molecular weight is 367 g/mol. The van der Waals surface area contributed by atoms with Crippen LogP contribution in [0.2, 0.25) is 0 Å². The molecule has 0 N–H and O–H groups in total. The number of rotatable bonds is 5. The van der Waals surface area contributed by atoms with Crippen molar-refractivity contribution in [1.29, 1.82) is 0 Å². The lowest BCUT2D eigenvalue weighted by Crippen LogP contribution is -2.41. The molecule has 2 saturated heterocycles. The lowest BCUT2D eigenvalue weighted by atomic mass is 10.2. The Morgan fingerprint density at radius 3 is 2.74 bits per heavy atom. The molecule has 6 heteroatoms. The van der Waals surface area contributed by atoms with Gasteiger partial charge in [-0.15, -0.1) is 0 Å². The van der Waals surface area contributed by atoms with E-state index in [1.54, 1.807) is 6.20 Å². The summed E-state index contributed by atoms with van der Waals surface area (Å²) in [6.45, 7) is 6.69. The van der Waals surface area contributed by atoms with Crippen molar-refractivity contribution in [3.8, 4) is 0 Å². The molecule has 6 nitrogen and oxygen atoms in total. The monoisotopic (exact) mass is 367 g/mol. The molecule has 3 heterocycles. The van der Waals surface area contributed by atoms with E-state index in [0.717, 1.165) is 45.7 Å². The van der Waals surface area contributed by atoms with E-state index in [2.05, 4.69) is 45.2 Å². The highest BCUT2D eigenvalue weighted by Crippen LogP contribution is 2.23. The lowest BCUT2D eigenvalue weighted by molar-refractivity contribution is -0.131. The summed E-state index contributed by atoms with van der Waals surface area (Å²) in [6, 6.07) is 13.2. The molecule has 1 aromatic carbocycles. The van der Waals surface area contributed by atoms with Crippen LogP contribution in [-0.4, -0.2) is 70.8 Å². The maximum Gasteiger partial charge on any atom is 0.224 e. The van der Waals surface area contributed by atoms with Crippen molar-refractivity contribution in [1.82, 2.24) is 19.6 Å². The Balaban J connectivity index is 1.26. The smallest absolute Gasteiger partial charge is 0.224 e. The highest BCUT2D eigenvalue weighted by Gasteiger charge is 2.29. The molecule has 0 spiro atoms. The summed E-state index contributed by atoms with van der Waals surface area (Å²) in [6.07, 6.45) is 6.48. The number of para-hydroxylation sites is 1. The number of hydrogen-bond donors (Lipinski definition) is 0. The number of aromatic nitrogens is 2. The Morgan fingerprint density at radius 2 is 1.93 bits per heavy atom. The molecule has 27 heavy (non-hydrogen) atoms. The molecule has 2 aliphatic heterocycles. The van der Waals surface area contributed by atoms with Crippen LogP contribution >= 0.6 is 0 Å². The minimum Gasteiger partial charge on any atom is -0.370 e. The zero-order chi connectivity index (χ0) is 18.5. The maximum absolute atomic E-state index is 12.6. The fourth-order valence-electron chi connectivity index (χ4n) is 4.27. The van der Waals surface area contributed by atoms with Crippen molar-refractivity contribution in [2.24, 2.45) is 0 Å². The van der Waals surface area contributed by atoms with Crippen LogP contribution in [-0.2, 0) is 11.3 Å². The molecule has 0 radical (unpaired) electrons. The Labute approximate surface area is 161 Å². The van der Waals surface area contributed by atoms with Crippen molar-refractivity contribution < 1.29 is 4.79 Å². The third kappa shape index (κ3) is 4.50. The summed E-state index contributed by atoms with van der Waals surface area (Å²) in [5.74, 6) is 0.254. The summed E-state index contributed by atoms with van der Waals surface area (Å²) in [5, 5.41) is 4.18. The molecular formula is C21H29N5O. The van der Waals surface area contributed by atoms with Gasteiger partial charge < -0.3 is 9.80 Å². The summed E-state index contributed by atoms with van der Waals surface area (Å²) < 4.78 is 1.83. The van der Waals surface area contributed by atoms with Gasteiger partial charge in [-0.25, -0.2) is 0 Å². The van der Waals surface area contributed by atoms with Crippen LogP contribution in [0.15, 0.2) is 48.8 Å². The molecule has 1 atom stereocenters. The summed E-state index contributed by atoms with van der Waals surface area (Å²) in [4.78, 5) is 19.7. The Morgan fingerprint density at radius 1 is 1.04 bits per heavy atom. The number of nitrogens with zero attached hydrogens (tertiary/aromatic N) is 5. The van der Waals surface area contributed by atoms with Gasteiger partial charge >= 0.3 is 0 Å². The summed E-state index contributed by atoms with van der Waals surface area (Å²) >= 11 is 0. The van der Waals surface area contributed by atoms with Crippen molar-refractivity contribution in [3.63, 3.8) is 0 Å². The molecule has 4 rings (SSSR count). The van der Waals surface area contributed by atoms with E-state index in [1.807, 2.05) is 21.8 Å². The number of amides is 1. The second-order valence-corrected chi connectivity index (χ2v) is 7.51. The lowest BCUT2D eigenvalue weighted by Gasteiger charge is -2.28. The Kier molecular flexibility index (Phi) is 5.72. The zero-order valence-corrected chi connectivity index (χ0v) is 15.9. The molecule has 1 unspecified atom stereocenters. The van der Waals surface area contributed by atoms with Gasteiger partial charge in [0.05, 0.1) is 0 Å². The SMILES string of the molecule is O=C(CCn1cccn1)N1CCCN(C2CCN(c3ccccc3)C2)CC1. The van der Waals surface area contributed by atoms with Gasteiger partial charge in [-0.05, 0) is 31.0 Å². The molecule has 0 saturated carbocycles. The molecule has 2 fully saturated rings. The second-order valence-electron chi connectivity index (χ2n) is 7.51. The van der Waals surface area contributed by atoms with Crippen molar-refractivity contribution in [2.75, 3.05) is 44.2 Å². The molecule has 2 aliphatic rings. The number of carbonyl (C=O) groups is 1. The first kappa shape index (κ1) is 18.0. The first-order valence-electron chi connectivity index (χ1n) is 10.1. The molecule has 1 amide bonds. The highest BCUT2D eigenvalue weighted by molar-refractivity contribution is 5.76. The van der Waals surface area contributed by atoms with E-state index >= 15 is 0 Å². The van der Waals surface area contributed by atoms with Gasteiger partial charge in [0.2, 0.25) is 5.91 Å². The van der Waals surface area contributed by atoms with Gasteiger partial charge in [0.25, 0.3) is 0 Å². The van der Waals surface area contributed by atoms with Crippen LogP contribution in [0.5, 0.6) is 0 Å². The fraction of sp³-hybridized carbons (Fsp3) is 0.524. The normalized spacial score (nSPS) is 21.4. The van der Waals surface area contributed by atoms with Crippen LogP contribution in [0.3, 0.4) is 0 Å². The zero-order valence-electron chi connectivity index (χ0n) is 15.9. The topological polar surface area (TPSA) is 44.6 Å². The van der Waals surface area contributed by atoms with Crippen molar-refractivity contribution in [2.45, 2.75) is 31.8 Å². The third-order valence-electron chi connectivity index (χ3n) is 5.80. The quantitative estimate of drug-likeness (QED) is 0.812. The number of carbonyl (C=O) groups excluding carboxylic acids is 1. The average Bonchev–Trinajstić information content (AvgIpc) is 3.35. The van der Waals surface area contributed by atoms with Gasteiger partial charge in [-0.2, -0.15) is 5.10 Å². The minimum atomic E-state index is 0.254. The van der Waals surface area contributed by atoms with Crippen LogP contribution < -0.4 is 4.90 Å². The first-order chi connectivity index (χ1) is 13.3. The van der Waals surface area contributed by atoms with Gasteiger partial charge in [0.15, 0.2) is 0 Å². The van der Waals surface area contributed by atoms with E-state index < -0.39 is 0 Å². The van der Waals surface area contributed by atoms with Gasteiger partial charge in [-0.3, -0.25) is 14.4 Å². The van der Waals surface area contributed by atoms with Gasteiger partial charge in [0.1, 0.15) is 0 Å². The molecule has 0 aliphatic carbocycles. The number of aryl methyl sites for hydroxylation is 1. The number of anilines is 1. The van der Waals surface area contributed by atoms with Crippen LogP contribution in [0.25, 0.3) is 0 Å². The molecular weight excluding hydrogens is 338 g/mol. The predicted octanol–water partition coefficient (Wildman–Crippen LogP) is 2.09.